The van der Waals surface area contributed by atoms with Crippen molar-refractivity contribution in [3.05, 3.63) is 116 Å². The second kappa shape index (κ2) is 10.2. The van der Waals surface area contributed by atoms with E-state index in [1.807, 2.05) is 54.7 Å². The molecule has 220 valence electrons. The maximum atomic E-state index is 6.47. The van der Waals surface area contributed by atoms with Gasteiger partial charge < -0.3 is 9.31 Å². The number of benzene rings is 3. The minimum atomic E-state index is -0.525. The summed E-state index contributed by atoms with van der Waals surface area (Å²) in [5, 5.41) is 4.76. The van der Waals surface area contributed by atoms with Crippen LogP contribution in [0, 0.1) is 0 Å². The number of rotatable bonds is 5. The van der Waals surface area contributed by atoms with Crippen molar-refractivity contribution in [3.8, 4) is 39.6 Å². The lowest BCUT2D eigenvalue weighted by molar-refractivity contribution is 0.00578. The van der Waals surface area contributed by atoms with Gasteiger partial charge in [-0.1, -0.05) is 60.7 Å². The van der Waals surface area contributed by atoms with Crippen molar-refractivity contribution in [1.82, 2.24) is 29.1 Å². The third kappa shape index (κ3) is 4.72. The van der Waals surface area contributed by atoms with E-state index in [0.29, 0.717) is 5.82 Å². The Kier molecular flexibility index (Phi) is 6.23. The summed E-state index contributed by atoms with van der Waals surface area (Å²) < 4.78 is 16.8. The Morgan fingerprint density at radius 2 is 1.38 bits per heavy atom. The van der Waals surface area contributed by atoms with Crippen LogP contribution in [0.1, 0.15) is 27.7 Å². The molecule has 8 nitrogen and oxygen atoms in total. The van der Waals surface area contributed by atoms with Gasteiger partial charge in [-0.3, -0.25) is 4.57 Å². The molecule has 0 saturated carbocycles. The molecule has 0 aliphatic carbocycles. The van der Waals surface area contributed by atoms with Gasteiger partial charge in [0.15, 0.2) is 17.1 Å². The molecular formula is C36H31BN6O2. The van der Waals surface area contributed by atoms with Gasteiger partial charge in [0, 0.05) is 29.2 Å². The van der Waals surface area contributed by atoms with Crippen molar-refractivity contribution in [1.29, 1.82) is 0 Å². The Morgan fingerprint density at radius 1 is 0.667 bits per heavy atom. The lowest BCUT2D eigenvalue weighted by Crippen LogP contribution is -2.41. The highest BCUT2D eigenvalue weighted by molar-refractivity contribution is 6.62. The molecule has 0 amide bonds. The van der Waals surface area contributed by atoms with E-state index in [2.05, 4.69) is 91.8 Å². The molecule has 1 fully saturated rings. The van der Waals surface area contributed by atoms with Crippen LogP contribution in [0.4, 0.5) is 0 Å². The molecule has 0 N–H and O–H groups in total. The molecule has 45 heavy (non-hydrogen) atoms. The van der Waals surface area contributed by atoms with Gasteiger partial charge in [0.25, 0.3) is 0 Å². The molecule has 1 saturated heterocycles. The summed E-state index contributed by atoms with van der Waals surface area (Å²) in [7, 11) is -0.525. The number of hydrogen-bond acceptors (Lipinski definition) is 6. The summed E-state index contributed by atoms with van der Waals surface area (Å²) in [6.45, 7) is 8.27. The van der Waals surface area contributed by atoms with Crippen LogP contribution in [-0.4, -0.2) is 47.5 Å². The second-order valence-corrected chi connectivity index (χ2v) is 12.4. The smallest absolute Gasteiger partial charge is 0.399 e. The molecule has 9 heteroatoms. The second-order valence-electron chi connectivity index (χ2n) is 12.4. The summed E-state index contributed by atoms with van der Waals surface area (Å²) in [6.07, 6.45) is 3.71. The molecule has 0 spiro atoms. The van der Waals surface area contributed by atoms with Gasteiger partial charge in [-0.25, -0.2) is 19.5 Å². The summed E-state index contributed by atoms with van der Waals surface area (Å²) >= 11 is 0. The van der Waals surface area contributed by atoms with E-state index in [9.17, 15) is 0 Å². The van der Waals surface area contributed by atoms with Crippen LogP contribution in [0.25, 0.3) is 56.4 Å². The highest BCUT2D eigenvalue weighted by atomic mass is 16.7. The van der Waals surface area contributed by atoms with Crippen molar-refractivity contribution in [2.45, 2.75) is 38.9 Å². The van der Waals surface area contributed by atoms with Crippen molar-refractivity contribution < 1.29 is 9.31 Å². The average molecular weight is 590 g/mol. The molecule has 4 aromatic heterocycles. The minimum Gasteiger partial charge on any atom is -0.399 e. The number of hydrogen-bond donors (Lipinski definition) is 0. The number of pyridine rings is 2. The van der Waals surface area contributed by atoms with Crippen molar-refractivity contribution in [3.63, 3.8) is 0 Å². The molecule has 1 aliphatic rings. The first-order valence-corrected chi connectivity index (χ1v) is 15.1. The van der Waals surface area contributed by atoms with E-state index in [1.54, 1.807) is 10.7 Å². The average Bonchev–Trinajstić information content (AvgIpc) is 3.72. The van der Waals surface area contributed by atoms with E-state index in [4.69, 9.17) is 24.4 Å². The standard InChI is InChI=1S/C36H31BN6O2/c1-35(2)36(3,4)45-37(44-35)28-22-26(21-27(23-28)32-40-31-14-8-9-20-42(31)41-32)24-15-17-25(18-16-24)33-39-30-13-10-19-38-34(30)43(33)29-11-6-5-7-12-29/h5-23H,1-4H3. The van der Waals surface area contributed by atoms with Crippen LogP contribution in [0.3, 0.4) is 0 Å². The zero-order chi connectivity index (χ0) is 30.8. The monoisotopic (exact) mass is 590 g/mol. The van der Waals surface area contributed by atoms with Gasteiger partial charge >= 0.3 is 7.12 Å². The van der Waals surface area contributed by atoms with Gasteiger partial charge in [0.1, 0.15) is 11.3 Å². The zero-order valence-corrected chi connectivity index (χ0v) is 25.5. The Morgan fingerprint density at radius 3 is 2.13 bits per heavy atom. The van der Waals surface area contributed by atoms with E-state index in [1.165, 1.54) is 0 Å². The van der Waals surface area contributed by atoms with Crippen LogP contribution in [-0.2, 0) is 9.31 Å². The number of fused-ring (bicyclic) bond motifs is 2. The lowest BCUT2D eigenvalue weighted by Gasteiger charge is -2.32. The molecular weight excluding hydrogens is 559 g/mol. The van der Waals surface area contributed by atoms with Crippen LogP contribution in [0.2, 0.25) is 0 Å². The Hall–Kier alpha value is -5.12. The van der Waals surface area contributed by atoms with E-state index >= 15 is 0 Å². The highest BCUT2D eigenvalue weighted by Crippen LogP contribution is 2.37. The highest BCUT2D eigenvalue weighted by Gasteiger charge is 2.51. The molecule has 5 heterocycles. The van der Waals surface area contributed by atoms with Gasteiger partial charge in [-0.15, -0.1) is 5.10 Å². The van der Waals surface area contributed by atoms with E-state index in [0.717, 1.165) is 56.0 Å². The Balaban J connectivity index is 1.23. The van der Waals surface area contributed by atoms with Gasteiger partial charge in [0.2, 0.25) is 0 Å². The fraction of sp³-hybridized carbons (Fsp3) is 0.167. The number of imidazole rings is 1. The summed E-state index contributed by atoms with van der Waals surface area (Å²) in [5.74, 6) is 1.48. The predicted molar refractivity (Wildman–Crippen MR) is 177 cm³/mol. The predicted octanol–water partition coefficient (Wildman–Crippen LogP) is 6.76. The minimum absolute atomic E-state index is 0.462. The van der Waals surface area contributed by atoms with Crippen molar-refractivity contribution in [2.75, 3.05) is 0 Å². The normalized spacial score (nSPS) is 15.7. The van der Waals surface area contributed by atoms with Gasteiger partial charge in [-0.2, -0.15) is 0 Å². The topological polar surface area (TPSA) is 79.4 Å². The number of nitrogens with zero attached hydrogens (tertiary/aromatic N) is 6. The molecule has 3 aromatic carbocycles. The molecule has 0 unspecified atom stereocenters. The van der Waals surface area contributed by atoms with Crippen LogP contribution < -0.4 is 5.46 Å². The van der Waals surface area contributed by atoms with Crippen molar-refractivity contribution >= 4 is 29.4 Å². The molecule has 8 rings (SSSR count). The molecule has 0 atom stereocenters. The Bertz CT molecular complexity index is 2140. The maximum Gasteiger partial charge on any atom is 0.494 e. The molecule has 0 bridgehead atoms. The third-order valence-corrected chi connectivity index (χ3v) is 8.89. The van der Waals surface area contributed by atoms with Crippen molar-refractivity contribution in [2.24, 2.45) is 0 Å². The fourth-order valence-electron chi connectivity index (χ4n) is 5.76. The quantitative estimate of drug-likeness (QED) is 0.206. The van der Waals surface area contributed by atoms with Crippen LogP contribution >= 0.6 is 0 Å². The molecule has 1 aliphatic heterocycles. The van der Waals surface area contributed by atoms with E-state index < -0.39 is 18.3 Å². The number of para-hydroxylation sites is 1. The molecule has 0 radical (unpaired) electrons. The first kappa shape index (κ1) is 27.4. The summed E-state index contributed by atoms with van der Waals surface area (Å²) in [5.41, 5.74) is 7.40. The summed E-state index contributed by atoms with van der Waals surface area (Å²) in [4.78, 5) is 14.4. The van der Waals surface area contributed by atoms with Crippen LogP contribution in [0.15, 0.2) is 116 Å². The fourth-order valence-corrected chi connectivity index (χ4v) is 5.76. The van der Waals surface area contributed by atoms with E-state index in [-0.39, 0.29) is 0 Å². The Labute approximate surface area is 261 Å². The maximum absolute atomic E-state index is 6.47. The SMILES string of the molecule is CC1(C)OB(c2cc(-c3ccc(-c4nc5cccnc5n4-c4ccccc4)cc3)cc(-c3nc4ccccn4n3)c2)OC1(C)C. The molecule has 7 aromatic rings. The lowest BCUT2D eigenvalue weighted by atomic mass is 9.77. The van der Waals surface area contributed by atoms with Gasteiger partial charge in [-0.05, 0) is 86.7 Å². The zero-order valence-electron chi connectivity index (χ0n) is 25.5. The third-order valence-electron chi connectivity index (χ3n) is 8.89. The first-order chi connectivity index (χ1) is 21.8. The first-order valence-electron chi connectivity index (χ1n) is 15.1. The largest absolute Gasteiger partial charge is 0.494 e. The number of aromatic nitrogens is 6. The van der Waals surface area contributed by atoms with Crippen LogP contribution in [0.5, 0.6) is 0 Å². The van der Waals surface area contributed by atoms with Gasteiger partial charge in [0.05, 0.1) is 11.2 Å². The summed E-state index contributed by atoms with van der Waals surface area (Å²) in [6, 6.07) is 34.8.